The van der Waals surface area contributed by atoms with E-state index in [-0.39, 0.29) is 17.4 Å². The largest absolute Gasteiger partial charge is 0.493 e. The summed E-state index contributed by atoms with van der Waals surface area (Å²) >= 11 is 0. The van der Waals surface area contributed by atoms with Crippen molar-refractivity contribution >= 4 is 23.5 Å². The highest BCUT2D eigenvalue weighted by atomic mass is 16.5. The summed E-state index contributed by atoms with van der Waals surface area (Å²) in [6.45, 7) is 8.83. The number of nitrogens with zero attached hydrogens (tertiary/aromatic N) is 2. The Morgan fingerprint density at radius 3 is 1.75 bits per heavy atom. The van der Waals surface area contributed by atoms with E-state index in [1.165, 1.54) is 12.2 Å². The summed E-state index contributed by atoms with van der Waals surface area (Å²) in [5.41, 5.74) is 0.786. The van der Waals surface area contributed by atoms with Gasteiger partial charge in [0, 0.05) is 5.41 Å². The molecule has 6 nitrogen and oxygen atoms in total. The molecule has 2 rings (SSSR count). The van der Waals surface area contributed by atoms with Gasteiger partial charge in [0.05, 0.1) is 18.0 Å². The zero-order chi connectivity index (χ0) is 20.6. The van der Waals surface area contributed by atoms with Crippen LogP contribution in [0.3, 0.4) is 0 Å². The van der Waals surface area contributed by atoms with Crippen molar-refractivity contribution in [2.75, 3.05) is 6.61 Å². The first-order valence-electron chi connectivity index (χ1n) is 9.01. The van der Waals surface area contributed by atoms with Gasteiger partial charge in [-0.3, -0.25) is 0 Å². The predicted molar refractivity (Wildman–Crippen MR) is 107 cm³/mol. The summed E-state index contributed by atoms with van der Waals surface area (Å²) in [5.74, 6) is 1.64. The highest BCUT2D eigenvalue weighted by molar-refractivity contribution is 5.50. The molecule has 0 amide bonds. The fraction of sp³-hybridized carbons (Fsp3) is 0.364. The smallest absolute Gasteiger partial charge is 0.240 e. The lowest BCUT2D eigenvalue weighted by Crippen LogP contribution is -2.42. The molecule has 2 aromatic rings. The Kier molecular flexibility index (Phi) is 7.28. The van der Waals surface area contributed by atoms with E-state index in [9.17, 15) is 9.59 Å². The van der Waals surface area contributed by atoms with Gasteiger partial charge in [0.2, 0.25) is 12.2 Å². The van der Waals surface area contributed by atoms with Crippen molar-refractivity contribution in [3.8, 4) is 11.5 Å². The zero-order valence-corrected chi connectivity index (χ0v) is 16.5. The standard InChI is InChI=1S/C22H24N2O4/c1-16(2)21(28-20-11-7-18(8-12-20)24-15-26)22(3,4)13-27-19-9-5-17(6-10-19)23-14-25/h5-12,16,21H,13H2,1-4H3. The van der Waals surface area contributed by atoms with Crippen molar-refractivity contribution in [1.82, 2.24) is 0 Å². The van der Waals surface area contributed by atoms with Gasteiger partial charge in [-0.05, 0) is 54.4 Å². The molecule has 28 heavy (non-hydrogen) atoms. The fourth-order valence-corrected chi connectivity index (χ4v) is 3.02. The van der Waals surface area contributed by atoms with Crippen LogP contribution in [0, 0.1) is 11.3 Å². The van der Waals surface area contributed by atoms with E-state index in [0.717, 1.165) is 0 Å². The van der Waals surface area contributed by atoms with Crippen molar-refractivity contribution in [3.05, 3.63) is 48.5 Å². The first-order valence-corrected chi connectivity index (χ1v) is 9.01. The van der Waals surface area contributed by atoms with Crippen LogP contribution >= 0.6 is 0 Å². The van der Waals surface area contributed by atoms with Gasteiger partial charge in [0.15, 0.2) is 0 Å². The van der Waals surface area contributed by atoms with Crippen LogP contribution in [0.5, 0.6) is 11.5 Å². The molecular formula is C22H24N2O4. The Morgan fingerprint density at radius 2 is 1.32 bits per heavy atom. The van der Waals surface area contributed by atoms with Crippen LogP contribution in [-0.2, 0) is 9.59 Å². The fourth-order valence-electron chi connectivity index (χ4n) is 3.02. The maximum atomic E-state index is 10.3. The summed E-state index contributed by atoms with van der Waals surface area (Å²) in [6.07, 6.45) is 2.93. The minimum absolute atomic E-state index is 0.105. The second-order valence-electron chi connectivity index (χ2n) is 7.45. The lowest BCUT2D eigenvalue weighted by atomic mass is 9.81. The second kappa shape index (κ2) is 9.65. The molecule has 6 heteroatoms. The van der Waals surface area contributed by atoms with E-state index in [0.29, 0.717) is 29.5 Å². The molecule has 0 saturated carbocycles. The van der Waals surface area contributed by atoms with E-state index in [4.69, 9.17) is 9.47 Å². The number of hydrogen-bond acceptors (Lipinski definition) is 6. The van der Waals surface area contributed by atoms with E-state index in [1.54, 1.807) is 48.5 Å². The van der Waals surface area contributed by atoms with Gasteiger partial charge < -0.3 is 9.47 Å². The van der Waals surface area contributed by atoms with Crippen molar-refractivity contribution in [3.63, 3.8) is 0 Å². The number of rotatable bonds is 9. The van der Waals surface area contributed by atoms with Gasteiger partial charge in [-0.2, -0.15) is 9.98 Å². The summed E-state index contributed by atoms with van der Waals surface area (Å²) in [5, 5.41) is 0. The van der Waals surface area contributed by atoms with Gasteiger partial charge in [0.1, 0.15) is 17.6 Å². The first kappa shape index (κ1) is 21.1. The van der Waals surface area contributed by atoms with Gasteiger partial charge in [-0.1, -0.05) is 27.7 Å². The average molecular weight is 380 g/mol. The number of hydrogen-bond donors (Lipinski definition) is 0. The Morgan fingerprint density at radius 1 is 0.857 bits per heavy atom. The summed E-state index contributed by atoms with van der Waals surface area (Å²) in [7, 11) is 0. The third-order valence-electron chi connectivity index (χ3n) is 4.27. The van der Waals surface area contributed by atoms with Crippen LogP contribution in [0.25, 0.3) is 0 Å². The number of ether oxygens (including phenoxy) is 2. The Hall–Kier alpha value is -3.20. The third-order valence-corrected chi connectivity index (χ3v) is 4.27. The molecule has 0 saturated heterocycles. The minimum Gasteiger partial charge on any atom is -0.493 e. The predicted octanol–water partition coefficient (Wildman–Crippen LogP) is 5.13. The Labute approximate surface area is 164 Å². The van der Waals surface area contributed by atoms with Crippen LogP contribution in [0.15, 0.2) is 58.5 Å². The molecule has 0 aromatic heterocycles. The molecule has 0 aliphatic carbocycles. The van der Waals surface area contributed by atoms with E-state index < -0.39 is 0 Å². The lowest BCUT2D eigenvalue weighted by Gasteiger charge is -2.37. The van der Waals surface area contributed by atoms with Crippen LogP contribution in [-0.4, -0.2) is 24.9 Å². The quantitative estimate of drug-likeness (QED) is 0.446. The monoisotopic (exact) mass is 380 g/mol. The first-order chi connectivity index (χ1) is 13.4. The van der Waals surface area contributed by atoms with Crippen LogP contribution in [0.4, 0.5) is 11.4 Å². The van der Waals surface area contributed by atoms with Gasteiger partial charge in [-0.15, -0.1) is 0 Å². The molecule has 1 atom stereocenters. The highest BCUT2D eigenvalue weighted by Gasteiger charge is 2.35. The molecule has 0 aliphatic heterocycles. The molecule has 0 fully saturated rings. The van der Waals surface area contributed by atoms with Crippen molar-refractivity contribution in [2.45, 2.75) is 33.8 Å². The van der Waals surface area contributed by atoms with Crippen LogP contribution in [0.1, 0.15) is 27.7 Å². The normalized spacial score (nSPS) is 11.9. The van der Waals surface area contributed by atoms with Crippen molar-refractivity contribution in [1.29, 1.82) is 0 Å². The SMILES string of the molecule is CC(C)C(Oc1ccc(N=C=O)cc1)C(C)(C)COc1ccc(N=C=O)cc1. The number of carbonyl (C=O) groups excluding carboxylic acids is 2. The van der Waals surface area contributed by atoms with Crippen LogP contribution < -0.4 is 9.47 Å². The summed E-state index contributed by atoms with van der Waals surface area (Å²) in [4.78, 5) is 27.8. The Balaban J connectivity index is 2.07. The molecule has 2 aromatic carbocycles. The zero-order valence-electron chi connectivity index (χ0n) is 16.5. The molecule has 0 bridgehead atoms. The van der Waals surface area contributed by atoms with E-state index in [1.807, 2.05) is 0 Å². The molecule has 146 valence electrons. The maximum absolute atomic E-state index is 10.3. The van der Waals surface area contributed by atoms with E-state index >= 15 is 0 Å². The Bertz CT molecular complexity index is 860. The highest BCUT2D eigenvalue weighted by Crippen LogP contribution is 2.32. The molecular weight excluding hydrogens is 356 g/mol. The van der Waals surface area contributed by atoms with E-state index in [2.05, 4.69) is 37.7 Å². The van der Waals surface area contributed by atoms with Crippen molar-refractivity contribution < 1.29 is 19.1 Å². The molecule has 0 heterocycles. The average Bonchev–Trinajstić information content (AvgIpc) is 2.67. The molecule has 0 spiro atoms. The van der Waals surface area contributed by atoms with Gasteiger partial charge in [0.25, 0.3) is 0 Å². The summed E-state index contributed by atoms with van der Waals surface area (Å²) in [6, 6.07) is 13.9. The van der Waals surface area contributed by atoms with Crippen LogP contribution in [0.2, 0.25) is 0 Å². The number of benzene rings is 2. The molecule has 0 aliphatic rings. The molecule has 1 unspecified atom stereocenters. The molecule has 0 radical (unpaired) electrons. The minimum atomic E-state index is -0.284. The third kappa shape index (κ3) is 5.92. The van der Waals surface area contributed by atoms with Gasteiger partial charge in [-0.25, -0.2) is 9.59 Å². The lowest BCUT2D eigenvalue weighted by molar-refractivity contribution is 0.00423. The van der Waals surface area contributed by atoms with Gasteiger partial charge >= 0.3 is 0 Å². The second-order valence-corrected chi connectivity index (χ2v) is 7.45. The number of isocyanates is 2. The summed E-state index contributed by atoms with van der Waals surface area (Å²) < 4.78 is 12.2. The van der Waals surface area contributed by atoms with Crippen molar-refractivity contribution in [2.24, 2.45) is 21.3 Å². The topological polar surface area (TPSA) is 77.3 Å². The maximum Gasteiger partial charge on any atom is 0.240 e. The molecule has 0 N–H and O–H groups in total. The number of aliphatic imine (C=N–C) groups is 2.